The minimum Gasteiger partial charge on any atom is -0.480 e. The second-order valence-corrected chi connectivity index (χ2v) is 7.40. The van der Waals surface area contributed by atoms with Crippen molar-refractivity contribution in [1.29, 1.82) is 0 Å². The van der Waals surface area contributed by atoms with Gasteiger partial charge in [0.05, 0.1) is 12.6 Å². The van der Waals surface area contributed by atoms with E-state index < -0.39 is 42.3 Å². The van der Waals surface area contributed by atoms with Crippen LogP contribution in [0.15, 0.2) is 30.5 Å². The lowest BCUT2D eigenvalue weighted by molar-refractivity contribution is -0.138. The highest BCUT2D eigenvalue weighted by atomic mass is 16.4. The van der Waals surface area contributed by atoms with Crippen LogP contribution in [0.3, 0.4) is 0 Å². The summed E-state index contributed by atoms with van der Waals surface area (Å²) in [5, 5.41) is 17.0. The quantitative estimate of drug-likeness (QED) is 0.191. The standard InChI is InChI=1S/C21H30N6O5/c22-8-4-3-6-15(23)20(31)25-11-18(28)27-17(21(32)26-12-19(29)30)9-13-10-24-16-7-2-1-5-14(13)16/h1-2,5,7,10,15,17,24H,3-4,6,8-9,11-12,22-23H2,(H,25,31)(H,26,32)(H,27,28)(H,29,30). The Morgan fingerprint density at radius 3 is 2.47 bits per heavy atom. The number of fused-ring (bicyclic) bond motifs is 1. The van der Waals surface area contributed by atoms with Crippen molar-refractivity contribution in [1.82, 2.24) is 20.9 Å². The summed E-state index contributed by atoms with van der Waals surface area (Å²) in [6, 6.07) is 5.69. The molecule has 9 N–H and O–H groups in total. The maximum absolute atomic E-state index is 12.5. The molecule has 11 nitrogen and oxygen atoms in total. The minimum atomic E-state index is -1.20. The number of rotatable bonds is 13. The Morgan fingerprint density at radius 2 is 1.75 bits per heavy atom. The summed E-state index contributed by atoms with van der Waals surface area (Å²) in [5.41, 5.74) is 12.9. The van der Waals surface area contributed by atoms with E-state index in [9.17, 15) is 19.2 Å². The number of H-pyrrole nitrogens is 1. The van der Waals surface area contributed by atoms with Crippen LogP contribution in [0.4, 0.5) is 0 Å². The Balaban J connectivity index is 1.99. The van der Waals surface area contributed by atoms with E-state index in [1.165, 1.54) is 0 Å². The number of hydrogen-bond donors (Lipinski definition) is 7. The molecule has 0 saturated heterocycles. The molecule has 32 heavy (non-hydrogen) atoms. The highest BCUT2D eigenvalue weighted by Gasteiger charge is 2.23. The summed E-state index contributed by atoms with van der Waals surface area (Å²) in [4.78, 5) is 50.9. The van der Waals surface area contributed by atoms with Gasteiger partial charge in [0.2, 0.25) is 17.7 Å². The topological polar surface area (TPSA) is 192 Å². The van der Waals surface area contributed by atoms with Crippen LogP contribution >= 0.6 is 0 Å². The van der Waals surface area contributed by atoms with Gasteiger partial charge in [0.25, 0.3) is 0 Å². The minimum absolute atomic E-state index is 0.133. The second kappa shape index (κ2) is 12.4. The molecule has 0 fully saturated rings. The number of aromatic nitrogens is 1. The van der Waals surface area contributed by atoms with Gasteiger partial charge in [-0.25, -0.2) is 0 Å². The monoisotopic (exact) mass is 446 g/mol. The van der Waals surface area contributed by atoms with Gasteiger partial charge in [-0.3, -0.25) is 19.2 Å². The molecule has 174 valence electrons. The highest BCUT2D eigenvalue weighted by molar-refractivity contribution is 5.93. The molecule has 1 aromatic heterocycles. The largest absolute Gasteiger partial charge is 0.480 e. The molecule has 0 radical (unpaired) electrons. The number of aliphatic carboxylic acids is 1. The number of carbonyl (C=O) groups excluding carboxylic acids is 3. The number of carboxylic acid groups (broad SMARTS) is 1. The van der Waals surface area contributed by atoms with Crippen molar-refractivity contribution in [2.45, 2.75) is 37.8 Å². The molecule has 0 aliphatic rings. The van der Waals surface area contributed by atoms with Gasteiger partial charge in [-0.15, -0.1) is 0 Å². The van der Waals surface area contributed by atoms with E-state index in [1.807, 2.05) is 24.3 Å². The van der Waals surface area contributed by atoms with E-state index in [0.29, 0.717) is 19.4 Å². The van der Waals surface area contributed by atoms with Crippen LogP contribution in [-0.4, -0.2) is 65.5 Å². The second-order valence-electron chi connectivity index (χ2n) is 7.40. The zero-order valence-electron chi connectivity index (χ0n) is 17.7. The van der Waals surface area contributed by atoms with Crippen LogP contribution in [0.5, 0.6) is 0 Å². The zero-order chi connectivity index (χ0) is 23.5. The van der Waals surface area contributed by atoms with Gasteiger partial charge in [0.1, 0.15) is 12.6 Å². The number of amides is 3. The fraction of sp³-hybridized carbons (Fsp3) is 0.429. The van der Waals surface area contributed by atoms with Crippen molar-refractivity contribution in [2.24, 2.45) is 11.5 Å². The summed E-state index contributed by atoms with van der Waals surface area (Å²) in [6.07, 6.45) is 3.77. The molecular weight excluding hydrogens is 416 g/mol. The highest BCUT2D eigenvalue weighted by Crippen LogP contribution is 2.19. The van der Waals surface area contributed by atoms with Crippen molar-refractivity contribution < 1.29 is 24.3 Å². The van der Waals surface area contributed by atoms with Gasteiger partial charge in [-0.1, -0.05) is 24.6 Å². The molecule has 2 atom stereocenters. The number of unbranched alkanes of at least 4 members (excludes halogenated alkanes) is 1. The third kappa shape index (κ3) is 7.67. The maximum atomic E-state index is 12.5. The number of aromatic amines is 1. The normalized spacial score (nSPS) is 12.7. The molecule has 1 aromatic carbocycles. The Labute approximate surface area is 185 Å². The number of para-hydroxylation sites is 1. The summed E-state index contributed by atoms with van der Waals surface area (Å²) >= 11 is 0. The number of carboxylic acids is 1. The van der Waals surface area contributed by atoms with Crippen molar-refractivity contribution in [3.63, 3.8) is 0 Å². The lowest BCUT2D eigenvalue weighted by atomic mass is 10.0. The summed E-state index contributed by atoms with van der Waals surface area (Å²) in [7, 11) is 0. The van der Waals surface area contributed by atoms with Gasteiger partial charge >= 0.3 is 5.97 Å². The summed E-state index contributed by atoms with van der Waals surface area (Å²) in [5.74, 6) is -2.91. The fourth-order valence-corrected chi connectivity index (χ4v) is 3.20. The van der Waals surface area contributed by atoms with Crippen LogP contribution in [0, 0.1) is 0 Å². The Bertz CT molecular complexity index is 944. The molecule has 1 heterocycles. The lowest BCUT2D eigenvalue weighted by Crippen LogP contribution is -2.52. The number of benzene rings is 1. The van der Waals surface area contributed by atoms with Crippen LogP contribution in [0.1, 0.15) is 24.8 Å². The SMILES string of the molecule is NCCCCC(N)C(=O)NCC(=O)NC(Cc1c[nH]c2ccccc12)C(=O)NCC(=O)O. The van der Waals surface area contributed by atoms with Crippen LogP contribution in [-0.2, 0) is 25.6 Å². The van der Waals surface area contributed by atoms with Crippen LogP contribution in [0.2, 0.25) is 0 Å². The van der Waals surface area contributed by atoms with E-state index >= 15 is 0 Å². The van der Waals surface area contributed by atoms with E-state index in [-0.39, 0.29) is 13.0 Å². The molecule has 0 aliphatic heterocycles. The predicted octanol–water partition coefficient (Wildman–Crippen LogP) is -1.03. The molecule has 3 amide bonds. The van der Waals surface area contributed by atoms with Gasteiger partial charge in [0.15, 0.2) is 0 Å². The average molecular weight is 447 g/mol. The first-order valence-electron chi connectivity index (χ1n) is 10.4. The van der Waals surface area contributed by atoms with Crippen molar-refractivity contribution in [2.75, 3.05) is 19.6 Å². The molecule has 2 aromatic rings. The molecule has 2 unspecified atom stereocenters. The first-order valence-corrected chi connectivity index (χ1v) is 10.4. The van der Waals surface area contributed by atoms with E-state index in [2.05, 4.69) is 20.9 Å². The van der Waals surface area contributed by atoms with Crippen molar-refractivity contribution >= 4 is 34.6 Å². The van der Waals surface area contributed by atoms with E-state index in [4.69, 9.17) is 16.6 Å². The Morgan fingerprint density at radius 1 is 1.03 bits per heavy atom. The maximum Gasteiger partial charge on any atom is 0.322 e. The molecule has 0 saturated carbocycles. The number of nitrogens with one attached hydrogen (secondary N) is 4. The van der Waals surface area contributed by atoms with Gasteiger partial charge in [-0.05, 0) is 31.0 Å². The molecule has 0 spiro atoms. The number of carbonyl (C=O) groups is 4. The molecular formula is C21H30N6O5. The molecule has 0 bridgehead atoms. The zero-order valence-corrected chi connectivity index (χ0v) is 17.7. The van der Waals surface area contributed by atoms with Gasteiger partial charge < -0.3 is 37.5 Å². The van der Waals surface area contributed by atoms with Crippen LogP contribution in [0.25, 0.3) is 10.9 Å². The third-order valence-electron chi connectivity index (χ3n) is 4.89. The fourth-order valence-electron chi connectivity index (χ4n) is 3.20. The lowest BCUT2D eigenvalue weighted by Gasteiger charge is -2.18. The first kappa shape index (κ1) is 24.8. The Hall–Kier alpha value is -3.44. The van der Waals surface area contributed by atoms with Gasteiger partial charge in [-0.2, -0.15) is 0 Å². The van der Waals surface area contributed by atoms with Crippen molar-refractivity contribution in [3.05, 3.63) is 36.0 Å². The predicted molar refractivity (Wildman–Crippen MR) is 118 cm³/mol. The summed E-state index contributed by atoms with van der Waals surface area (Å²) < 4.78 is 0. The molecule has 11 heteroatoms. The van der Waals surface area contributed by atoms with E-state index in [0.717, 1.165) is 22.9 Å². The molecule has 2 rings (SSSR count). The number of nitrogens with two attached hydrogens (primary N) is 2. The molecule has 0 aliphatic carbocycles. The first-order chi connectivity index (χ1) is 15.3. The van der Waals surface area contributed by atoms with Crippen molar-refractivity contribution in [3.8, 4) is 0 Å². The third-order valence-corrected chi connectivity index (χ3v) is 4.89. The number of hydrogen-bond acceptors (Lipinski definition) is 6. The Kier molecular flexibility index (Phi) is 9.64. The smallest absolute Gasteiger partial charge is 0.322 e. The van der Waals surface area contributed by atoms with Gasteiger partial charge in [0, 0.05) is 23.5 Å². The van der Waals surface area contributed by atoms with Crippen LogP contribution < -0.4 is 27.4 Å². The summed E-state index contributed by atoms with van der Waals surface area (Å²) in [6.45, 7) is -0.425. The van der Waals surface area contributed by atoms with E-state index in [1.54, 1.807) is 6.20 Å². The average Bonchev–Trinajstić information content (AvgIpc) is 3.18.